The molecule has 92 valence electrons. The molecule has 0 spiro atoms. The number of carbonyl (C=O) groups excluding carboxylic acids is 1. The summed E-state index contributed by atoms with van der Waals surface area (Å²) in [5.41, 5.74) is 0. The highest BCUT2D eigenvalue weighted by molar-refractivity contribution is 7.91. The number of carbonyl (C=O) groups is 1. The van der Waals surface area contributed by atoms with Crippen LogP contribution in [0.5, 0.6) is 0 Å². The lowest BCUT2D eigenvalue weighted by Crippen LogP contribution is -2.52. The van der Waals surface area contributed by atoms with E-state index in [2.05, 4.69) is 5.32 Å². The number of nitrogens with one attached hydrogen (secondary N) is 1. The maximum atomic E-state index is 12.0. The van der Waals surface area contributed by atoms with Crippen molar-refractivity contribution < 1.29 is 13.2 Å². The molecule has 0 radical (unpaired) electrons. The van der Waals surface area contributed by atoms with Crippen molar-refractivity contribution >= 4 is 15.7 Å². The molecule has 2 rings (SSSR count). The van der Waals surface area contributed by atoms with Gasteiger partial charge in [0, 0.05) is 13.1 Å². The standard InChI is InChI=1S/C10H18N2O3S/c13-10(9-3-1-2-4-11-9)12-5-7-16(14,15)8-6-12/h9,11H,1-8H2. The molecular weight excluding hydrogens is 228 g/mol. The monoisotopic (exact) mass is 246 g/mol. The maximum absolute atomic E-state index is 12.0. The number of sulfone groups is 1. The Balaban J connectivity index is 1.90. The van der Waals surface area contributed by atoms with Gasteiger partial charge in [0.1, 0.15) is 0 Å². The quantitative estimate of drug-likeness (QED) is 0.670. The van der Waals surface area contributed by atoms with Gasteiger partial charge in [0.05, 0.1) is 17.5 Å². The molecule has 2 heterocycles. The highest BCUT2D eigenvalue weighted by atomic mass is 32.2. The van der Waals surface area contributed by atoms with Crippen molar-refractivity contribution in [2.75, 3.05) is 31.1 Å². The van der Waals surface area contributed by atoms with Crippen molar-refractivity contribution in [3.63, 3.8) is 0 Å². The molecule has 0 aromatic heterocycles. The van der Waals surface area contributed by atoms with Crippen molar-refractivity contribution in [2.24, 2.45) is 0 Å². The van der Waals surface area contributed by atoms with Crippen LogP contribution in [0.2, 0.25) is 0 Å². The van der Waals surface area contributed by atoms with Crippen LogP contribution in [0.4, 0.5) is 0 Å². The van der Waals surface area contributed by atoms with Crippen LogP contribution in [0.1, 0.15) is 19.3 Å². The minimum atomic E-state index is -2.89. The molecule has 2 saturated heterocycles. The van der Waals surface area contributed by atoms with Crippen molar-refractivity contribution in [3.8, 4) is 0 Å². The summed E-state index contributed by atoms with van der Waals surface area (Å²) in [5.74, 6) is 0.311. The van der Waals surface area contributed by atoms with E-state index >= 15 is 0 Å². The normalized spacial score (nSPS) is 30.0. The molecule has 0 saturated carbocycles. The summed E-state index contributed by atoms with van der Waals surface area (Å²) in [6.07, 6.45) is 3.08. The van der Waals surface area contributed by atoms with Crippen molar-refractivity contribution in [3.05, 3.63) is 0 Å². The smallest absolute Gasteiger partial charge is 0.239 e. The van der Waals surface area contributed by atoms with E-state index in [0.29, 0.717) is 13.1 Å². The van der Waals surface area contributed by atoms with E-state index in [0.717, 1.165) is 25.8 Å². The van der Waals surface area contributed by atoms with Gasteiger partial charge in [-0.25, -0.2) is 8.42 Å². The van der Waals surface area contributed by atoms with Gasteiger partial charge in [-0.05, 0) is 19.4 Å². The second kappa shape index (κ2) is 4.71. The Hall–Kier alpha value is -0.620. The van der Waals surface area contributed by atoms with Crippen LogP contribution in [-0.2, 0) is 14.6 Å². The van der Waals surface area contributed by atoms with E-state index in [1.807, 2.05) is 0 Å². The van der Waals surface area contributed by atoms with Gasteiger partial charge in [-0.15, -0.1) is 0 Å². The zero-order valence-electron chi connectivity index (χ0n) is 9.31. The topological polar surface area (TPSA) is 66.5 Å². The van der Waals surface area contributed by atoms with Gasteiger partial charge in [0.15, 0.2) is 9.84 Å². The van der Waals surface area contributed by atoms with Crippen LogP contribution in [0.25, 0.3) is 0 Å². The molecule has 1 amide bonds. The Kier molecular flexibility index (Phi) is 3.49. The molecule has 2 aliphatic rings. The second-order valence-corrected chi connectivity index (χ2v) is 6.78. The third kappa shape index (κ3) is 2.74. The van der Waals surface area contributed by atoms with Crippen LogP contribution in [0.15, 0.2) is 0 Å². The van der Waals surface area contributed by atoms with Crippen LogP contribution in [0.3, 0.4) is 0 Å². The van der Waals surface area contributed by atoms with Gasteiger partial charge in [0.2, 0.25) is 5.91 Å². The van der Waals surface area contributed by atoms with E-state index in [1.165, 1.54) is 0 Å². The van der Waals surface area contributed by atoms with E-state index in [4.69, 9.17) is 0 Å². The van der Waals surface area contributed by atoms with E-state index < -0.39 is 9.84 Å². The lowest BCUT2D eigenvalue weighted by Gasteiger charge is -2.32. The van der Waals surface area contributed by atoms with Gasteiger partial charge >= 0.3 is 0 Å². The molecule has 0 aliphatic carbocycles. The van der Waals surface area contributed by atoms with Crippen LogP contribution < -0.4 is 5.32 Å². The molecule has 1 unspecified atom stereocenters. The minimum absolute atomic E-state index is 0.0783. The Morgan fingerprint density at radius 2 is 1.88 bits per heavy atom. The maximum Gasteiger partial charge on any atom is 0.239 e. The van der Waals surface area contributed by atoms with Crippen LogP contribution in [0, 0.1) is 0 Å². The van der Waals surface area contributed by atoms with E-state index in [-0.39, 0.29) is 23.5 Å². The highest BCUT2D eigenvalue weighted by Gasteiger charge is 2.30. The van der Waals surface area contributed by atoms with Crippen LogP contribution >= 0.6 is 0 Å². The molecule has 1 N–H and O–H groups in total. The Morgan fingerprint density at radius 3 is 2.44 bits per heavy atom. The van der Waals surface area contributed by atoms with Gasteiger partial charge in [-0.1, -0.05) is 6.42 Å². The average Bonchev–Trinajstić information content (AvgIpc) is 2.29. The summed E-state index contributed by atoms with van der Waals surface area (Å²) in [4.78, 5) is 13.7. The molecule has 0 aromatic rings. The Morgan fingerprint density at radius 1 is 1.19 bits per heavy atom. The SMILES string of the molecule is O=C(C1CCCCN1)N1CCS(=O)(=O)CC1. The molecule has 2 aliphatic heterocycles. The van der Waals surface area contributed by atoms with Crippen molar-refractivity contribution in [1.82, 2.24) is 10.2 Å². The van der Waals surface area contributed by atoms with Crippen LogP contribution in [-0.4, -0.2) is 56.4 Å². The molecule has 0 bridgehead atoms. The zero-order chi connectivity index (χ0) is 11.6. The lowest BCUT2D eigenvalue weighted by atomic mass is 10.0. The molecule has 5 nitrogen and oxygen atoms in total. The summed E-state index contributed by atoms with van der Waals surface area (Å²) >= 11 is 0. The third-order valence-electron chi connectivity index (χ3n) is 3.26. The summed E-state index contributed by atoms with van der Waals surface area (Å²) < 4.78 is 22.5. The molecular formula is C10H18N2O3S. The number of hydrogen-bond donors (Lipinski definition) is 1. The predicted molar refractivity (Wildman–Crippen MR) is 60.9 cm³/mol. The third-order valence-corrected chi connectivity index (χ3v) is 4.87. The fourth-order valence-corrected chi connectivity index (χ4v) is 3.42. The van der Waals surface area contributed by atoms with Gasteiger partial charge in [-0.2, -0.15) is 0 Å². The predicted octanol–water partition coefficient (Wildman–Crippen LogP) is -0.614. The number of amides is 1. The zero-order valence-corrected chi connectivity index (χ0v) is 10.1. The first kappa shape index (κ1) is 11.9. The molecule has 0 aromatic carbocycles. The lowest BCUT2D eigenvalue weighted by molar-refractivity contribution is -0.133. The first-order valence-corrected chi connectivity index (χ1v) is 7.63. The summed E-state index contributed by atoms with van der Waals surface area (Å²) in [5, 5.41) is 3.20. The first-order chi connectivity index (χ1) is 7.58. The van der Waals surface area contributed by atoms with Gasteiger partial charge in [-0.3, -0.25) is 4.79 Å². The number of rotatable bonds is 1. The fraction of sp³-hybridized carbons (Fsp3) is 0.900. The van der Waals surface area contributed by atoms with Gasteiger partial charge in [0.25, 0.3) is 0 Å². The van der Waals surface area contributed by atoms with E-state index in [1.54, 1.807) is 4.90 Å². The largest absolute Gasteiger partial charge is 0.339 e. The summed E-state index contributed by atoms with van der Waals surface area (Å²) in [7, 11) is -2.89. The molecule has 6 heteroatoms. The minimum Gasteiger partial charge on any atom is -0.339 e. The van der Waals surface area contributed by atoms with Crippen molar-refractivity contribution in [2.45, 2.75) is 25.3 Å². The number of nitrogens with zero attached hydrogens (tertiary/aromatic N) is 1. The number of hydrogen-bond acceptors (Lipinski definition) is 4. The average molecular weight is 246 g/mol. The Bertz CT molecular complexity index is 346. The molecule has 1 atom stereocenters. The van der Waals surface area contributed by atoms with E-state index in [9.17, 15) is 13.2 Å². The van der Waals surface area contributed by atoms with Crippen molar-refractivity contribution in [1.29, 1.82) is 0 Å². The Labute approximate surface area is 96.1 Å². The highest BCUT2D eigenvalue weighted by Crippen LogP contribution is 2.12. The van der Waals surface area contributed by atoms with Gasteiger partial charge < -0.3 is 10.2 Å². The summed E-state index contributed by atoms with van der Waals surface area (Å²) in [6, 6.07) is -0.0884. The second-order valence-electron chi connectivity index (χ2n) is 4.48. The number of piperidine rings is 1. The fourth-order valence-electron chi connectivity index (χ4n) is 2.22. The first-order valence-electron chi connectivity index (χ1n) is 5.81. The molecule has 16 heavy (non-hydrogen) atoms. The summed E-state index contributed by atoms with van der Waals surface area (Å²) in [6.45, 7) is 1.61. The molecule has 2 fully saturated rings.